The normalized spacial score (nSPS) is 36.2. The minimum absolute atomic E-state index is 0.360. The van der Waals surface area contributed by atoms with Gasteiger partial charge < -0.3 is 5.32 Å². The molecule has 2 unspecified atom stereocenters. The zero-order chi connectivity index (χ0) is 9.47. The summed E-state index contributed by atoms with van der Waals surface area (Å²) in [6.45, 7) is 10.8. The fraction of sp³-hybridized carbons (Fsp3) is 1.00. The van der Waals surface area contributed by atoms with Crippen molar-refractivity contribution in [3.05, 3.63) is 0 Å². The van der Waals surface area contributed by atoms with Crippen molar-refractivity contribution in [2.24, 2.45) is 5.92 Å². The molecule has 2 heteroatoms. The second-order valence-electron chi connectivity index (χ2n) is 5.54. The van der Waals surface area contributed by atoms with Gasteiger partial charge in [-0.1, -0.05) is 0 Å². The molecular formula is C11H22N2. The molecule has 2 aliphatic rings. The summed E-state index contributed by atoms with van der Waals surface area (Å²) in [5.74, 6) is 0.924. The SMILES string of the molecule is CC(C)(C)N1CC2CCCNC2C1. The van der Waals surface area contributed by atoms with Gasteiger partial charge in [-0.2, -0.15) is 0 Å². The van der Waals surface area contributed by atoms with Gasteiger partial charge in [0.15, 0.2) is 0 Å². The van der Waals surface area contributed by atoms with Crippen LogP contribution in [0.25, 0.3) is 0 Å². The van der Waals surface area contributed by atoms with Gasteiger partial charge in [-0.25, -0.2) is 0 Å². The third-order valence-corrected chi connectivity index (χ3v) is 3.55. The van der Waals surface area contributed by atoms with Crippen LogP contribution in [0.5, 0.6) is 0 Å². The van der Waals surface area contributed by atoms with E-state index in [1.54, 1.807) is 0 Å². The molecule has 13 heavy (non-hydrogen) atoms. The molecule has 0 aromatic rings. The topological polar surface area (TPSA) is 15.3 Å². The quantitative estimate of drug-likeness (QED) is 0.610. The highest BCUT2D eigenvalue weighted by Crippen LogP contribution is 2.29. The van der Waals surface area contributed by atoms with Crippen LogP contribution in [0.1, 0.15) is 33.6 Å². The van der Waals surface area contributed by atoms with Crippen LogP contribution in [0.2, 0.25) is 0 Å². The molecule has 2 saturated heterocycles. The van der Waals surface area contributed by atoms with Crippen LogP contribution in [-0.4, -0.2) is 36.1 Å². The monoisotopic (exact) mass is 182 g/mol. The Kier molecular flexibility index (Phi) is 2.37. The zero-order valence-electron chi connectivity index (χ0n) is 9.14. The molecule has 2 heterocycles. The summed E-state index contributed by atoms with van der Waals surface area (Å²) in [5, 5.41) is 3.64. The standard InChI is InChI=1S/C11H22N2/c1-11(2,3)13-7-9-5-4-6-12-10(9)8-13/h9-10,12H,4-8H2,1-3H3. The third kappa shape index (κ3) is 1.89. The first kappa shape index (κ1) is 9.47. The predicted molar refractivity (Wildman–Crippen MR) is 55.8 cm³/mol. The van der Waals surface area contributed by atoms with Crippen molar-refractivity contribution in [3.8, 4) is 0 Å². The largest absolute Gasteiger partial charge is 0.312 e. The number of nitrogens with one attached hydrogen (secondary N) is 1. The highest BCUT2D eigenvalue weighted by molar-refractivity contribution is 4.95. The second-order valence-corrected chi connectivity index (χ2v) is 5.54. The number of piperidine rings is 1. The van der Waals surface area contributed by atoms with Crippen LogP contribution in [0.15, 0.2) is 0 Å². The molecule has 2 atom stereocenters. The lowest BCUT2D eigenvalue weighted by Crippen LogP contribution is -2.43. The first-order valence-electron chi connectivity index (χ1n) is 5.56. The number of hydrogen-bond donors (Lipinski definition) is 1. The van der Waals surface area contributed by atoms with Crippen LogP contribution in [0.4, 0.5) is 0 Å². The Morgan fingerprint density at radius 1 is 1.23 bits per heavy atom. The molecule has 0 amide bonds. The van der Waals surface area contributed by atoms with Crippen molar-refractivity contribution in [1.29, 1.82) is 0 Å². The smallest absolute Gasteiger partial charge is 0.0235 e. The van der Waals surface area contributed by atoms with Crippen molar-refractivity contribution >= 4 is 0 Å². The molecule has 76 valence electrons. The summed E-state index contributed by atoms with van der Waals surface area (Å²) >= 11 is 0. The van der Waals surface area contributed by atoms with Gasteiger partial charge in [0.05, 0.1) is 0 Å². The molecule has 0 bridgehead atoms. The third-order valence-electron chi connectivity index (χ3n) is 3.55. The van der Waals surface area contributed by atoms with Crippen LogP contribution in [0, 0.1) is 5.92 Å². The summed E-state index contributed by atoms with van der Waals surface area (Å²) in [6.07, 6.45) is 2.81. The van der Waals surface area contributed by atoms with E-state index in [1.807, 2.05) is 0 Å². The lowest BCUT2D eigenvalue weighted by atomic mass is 9.94. The maximum Gasteiger partial charge on any atom is 0.0235 e. The molecule has 0 radical (unpaired) electrons. The molecule has 2 aliphatic heterocycles. The molecule has 2 rings (SSSR count). The van der Waals surface area contributed by atoms with E-state index < -0.39 is 0 Å². The van der Waals surface area contributed by atoms with E-state index in [-0.39, 0.29) is 0 Å². The molecule has 2 fully saturated rings. The highest BCUT2D eigenvalue weighted by Gasteiger charge is 2.38. The van der Waals surface area contributed by atoms with E-state index in [9.17, 15) is 0 Å². The molecule has 0 aromatic carbocycles. The fourth-order valence-corrected chi connectivity index (χ4v) is 2.59. The summed E-state index contributed by atoms with van der Waals surface area (Å²) < 4.78 is 0. The average Bonchev–Trinajstić information content (AvgIpc) is 2.45. The highest BCUT2D eigenvalue weighted by atomic mass is 15.2. The number of nitrogens with zero attached hydrogens (tertiary/aromatic N) is 1. The van der Waals surface area contributed by atoms with E-state index in [0.29, 0.717) is 5.54 Å². The lowest BCUT2D eigenvalue weighted by Gasteiger charge is -2.31. The Bertz CT molecular complexity index is 169. The molecule has 0 saturated carbocycles. The number of likely N-dealkylation sites (tertiary alicyclic amines) is 1. The number of hydrogen-bond acceptors (Lipinski definition) is 2. The molecule has 2 nitrogen and oxygen atoms in total. The van der Waals surface area contributed by atoms with Crippen molar-refractivity contribution < 1.29 is 0 Å². The number of fused-ring (bicyclic) bond motifs is 1. The minimum Gasteiger partial charge on any atom is -0.312 e. The van der Waals surface area contributed by atoms with E-state index in [2.05, 4.69) is 31.0 Å². The van der Waals surface area contributed by atoms with E-state index >= 15 is 0 Å². The Balaban J connectivity index is 1.99. The van der Waals surface area contributed by atoms with Gasteiger partial charge in [0.2, 0.25) is 0 Å². The fourth-order valence-electron chi connectivity index (χ4n) is 2.59. The minimum atomic E-state index is 0.360. The Morgan fingerprint density at radius 2 is 2.00 bits per heavy atom. The molecule has 1 N–H and O–H groups in total. The van der Waals surface area contributed by atoms with E-state index in [4.69, 9.17) is 0 Å². The average molecular weight is 182 g/mol. The van der Waals surface area contributed by atoms with Gasteiger partial charge in [0.1, 0.15) is 0 Å². The second kappa shape index (κ2) is 3.25. The Morgan fingerprint density at radius 3 is 2.62 bits per heavy atom. The maximum atomic E-state index is 3.64. The maximum absolute atomic E-state index is 3.64. The summed E-state index contributed by atoms with van der Waals surface area (Å²) in [5.41, 5.74) is 0.360. The first-order valence-corrected chi connectivity index (χ1v) is 5.56. The summed E-state index contributed by atoms with van der Waals surface area (Å²) in [7, 11) is 0. The first-order chi connectivity index (χ1) is 6.07. The van der Waals surface area contributed by atoms with Crippen LogP contribution in [-0.2, 0) is 0 Å². The van der Waals surface area contributed by atoms with E-state index in [1.165, 1.54) is 32.5 Å². The zero-order valence-corrected chi connectivity index (χ0v) is 9.14. The van der Waals surface area contributed by atoms with Crippen molar-refractivity contribution in [2.75, 3.05) is 19.6 Å². The molecular weight excluding hydrogens is 160 g/mol. The van der Waals surface area contributed by atoms with E-state index in [0.717, 1.165) is 12.0 Å². The molecule has 0 spiro atoms. The summed E-state index contributed by atoms with van der Waals surface area (Å²) in [6, 6.07) is 0.785. The Hall–Kier alpha value is -0.0800. The van der Waals surface area contributed by atoms with Crippen LogP contribution < -0.4 is 5.32 Å². The van der Waals surface area contributed by atoms with Gasteiger partial charge in [-0.05, 0) is 46.1 Å². The van der Waals surface area contributed by atoms with Crippen LogP contribution in [0.3, 0.4) is 0 Å². The summed E-state index contributed by atoms with van der Waals surface area (Å²) in [4.78, 5) is 2.63. The van der Waals surface area contributed by atoms with Gasteiger partial charge in [-0.15, -0.1) is 0 Å². The van der Waals surface area contributed by atoms with Crippen molar-refractivity contribution in [2.45, 2.75) is 45.2 Å². The Labute approximate surface area is 81.7 Å². The van der Waals surface area contributed by atoms with Crippen molar-refractivity contribution in [3.63, 3.8) is 0 Å². The van der Waals surface area contributed by atoms with Gasteiger partial charge in [-0.3, -0.25) is 4.90 Å². The van der Waals surface area contributed by atoms with Crippen molar-refractivity contribution in [1.82, 2.24) is 10.2 Å². The molecule has 0 aliphatic carbocycles. The van der Waals surface area contributed by atoms with Gasteiger partial charge >= 0.3 is 0 Å². The number of rotatable bonds is 0. The lowest BCUT2D eigenvalue weighted by molar-refractivity contribution is 0.167. The van der Waals surface area contributed by atoms with Gasteiger partial charge in [0, 0.05) is 24.7 Å². The van der Waals surface area contributed by atoms with Gasteiger partial charge in [0.25, 0.3) is 0 Å². The molecule has 0 aromatic heterocycles. The predicted octanol–water partition coefficient (Wildman–Crippen LogP) is 1.47. The van der Waals surface area contributed by atoms with Crippen LogP contribution >= 0.6 is 0 Å².